The van der Waals surface area contributed by atoms with Crippen LogP contribution in [0.3, 0.4) is 0 Å². The molecular formula is C17H19BrClNO. The van der Waals surface area contributed by atoms with E-state index in [2.05, 4.69) is 41.9 Å². The minimum Gasteiger partial charge on any atom is -0.495 e. The maximum absolute atomic E-state index is 6.56. The quantitative estimate of drug-likeness (QED) is 0.816. The van der Waals surface area contributed by atoms with Gasteiger partial charge in [-0.2, -0.15) is 0 Å². The number of hydrogen-bond acceptors (Lipinski definition) is 2. The lowest BCUT2D eigenvalue weighted by molar-refractivity contribution is 0.374. The summed E-state index contributed by atoms with van der Waals surface area (Å²) < 4.78 is 6.31. The van der Waals surface area contributed by atoms with Crippen LogP contribution < -0.4 is 10.5 Å². The molecule has 0 heterocycles. The molecule has 0 spiro atoms. The van der Waals surface area contributed by atoms with Gasteiger partial charge in [-0.25, -0.2) is 0 Å². The fourth-order valence-electron chi connectivity index (χ4n) is 2.46. The van der Waals surface area contributed by atoms with Crippen LogP contribution in [0.15, 0.2) is 46.9 Å². The Morgan fingerprint density at radius 3 is 2.38 bits per heavy atom. The van der Waals surface area contributed by atoms with E-state index >= 15 is 0 Å². The van der Waals surface area contributed by atoms with Gasteiger partial charge < -0.3 is 10.5 Å². The van der Waals surface area contributed by atoms with Crippen molar-refractivity contribution in [2.75, 3.05) is 7.11 Å². The highest BCUT2D eigenvalue weighted by Gasteiger charge is 2.32. The molecule has 4 heteroatoms. The summed E-state index contributed by atoms with van der Waals surface area (Å²) in [4.78, 5) is 0. The van der Waals surface area contributed by atoms with Crippen molar-refractivity contribution in [1.82, 2.24) is 0 Å². The molecule has 0 aliphatic carbocycles. The van der Waals surface area contributed by atoms with Crippen LogP contribution in [0.25, 0.3) is 0 Å². The number of nitrogens with two attached hydrogens (primary N) is 1. The summed E-state index contributed by atoms with van der Waals surface area (Å²) in [5, 5.41) is 0.636. The van der Waals surface area contributed by atoms with Gasteiger partial charge in [-0.05, 0) is 33.6 Å². The molecule has 1 atom stereocenters. The van der Waals surface area contributed by atoms with Crippen molar-refractivity contribution in [1.29, 1.82) is 0 Å². The fourth-order valence-corrected chi connectivity index (χ4v) is 3.46. The van der Waals surface area contributed by atoms with E-state index in [0.717, 1.165) is 15.8 Å². The third-order valence-corrected chi connectivity index (χ3v) is 4.68. The predicted octanol–water partition coefficient (Wildman–Crippen LogP) is 5.09. The molecule has 0 aliphatic heterocycles. The topological polar surface area (TPSA) is 35.2 Å². The summed E-state index contributed by atoms with van der Waals surface area (Å²) in [6.45, 7) is 4.25. The molecule has 0 aliphatic rings. The van der Waals surface area contributed by atoms with E-state index in [-0.39, 0.29) is 11.5 Å². The first kappa shape index (κ1) is 16.3. The standard InChI is InChI=1S/C17H19BrClNO/c1-17(2,11-7-5-4-6-8-11)16(20)13-9-12(19)10-14(18)15(13)21-3/h4-10,16H,20H2,1-3H3. The van der Waals surface area contributed by atoms with Crippen LogP contribution in [0.1, 0.15) is 31.0 Å². The third kappa shape index (κ3) is 3.25. The summed E-state index contributed by atoms with van der Waals surface area (Å²) in [5.41, 5.74) is 8.38. The Morgan fingerprint density at radius 1 is 1.19 bits per heavy atom. The third-order valence-electron chi connectivity index (χ3n) is 3.87. The van der Waals surface area contributed by atoms with Crippen molar-refractivity contribution in [3.63, 3.8) is 0 Å². The number of halogens is 2. The second-order valence-electron chi connectivity index (χ2n) is 5.58. The normalized spacial score (nSPS) is 13.0. The first-order valence-electron chi connectivity index (χ1n) is 6.72. The van der Waals surface area contributed by atoms with E-state index < -0.39 is 0 Å². The number of ether oxygens (including phenoxy) is 1. The van der Waals surface area contributed by atoms with Gasteiger partial charge in [0, 0.05) is 22.0 Å². The molecule has 0 amide bonds. The predicted molar refractivity (Wildman–Crippen MR) is 92.1 cm³/mol. The first-order valence-corrected chi connectivity index (χ1v) is 7.89. The van der Waals surface area contributed by atoms with Gasteiger partial charge in [0.15, 0.2) is 0 Å². The molecule has 0 bridgehead atoms. The molecule has 0 fully saturated rings. The van der Waals surface area contributed by atoms with Crippen LogP contribution in [0.5, 0.6) is 5.75 Å². The van der Waals surface area contributed by atoms with Crippen molar-refractivity contribution in [2.24, 2.45) is 5.73 Å². The van der Waals surface area contributed by atoms with Gasteiger partial charge in [-0.3, -0.25) is 0 Å². The Kier molecular flexibility index (Phi) is 4.97. The summed E-state index contributed by atoms with van der Waals surface area (Å²) in [6, 6.07) is 13.7. The lowest BCUT2D eigenvalue weighted by Gasteiger charge is -2.33. The molecular weight excluding hydrogens is 350 g/mol. The Morgan fingerprint density at radius 2 is 1.81 bits per heavy atom. The molecule has 2 aromatic carbocycles. The van der Waals surface area contributed by atoms with E-state index in [1.165, 1.54) is 5.56 Å². The lowest BCUT2D eigenvalue weighted by Crippen LogP contribution is -2.33. The molecule has 2 aromatic rings. The monoisotopic (exact) mass is 367 g/mol. The number of rotatable bonds is 4. The van der Waals surface area contributed by atoms with E-state index in [4.69, 9.17) is 22.1 Å². The smallest absolute Gasteiger partial charge is 0.137 e. The van der Waals surface area contributed by atoms with Gasteiger partial charge in [0.1, 0.15) is 5.75 Å². The van der Waals surface area contributed by atoms with E-state index in [9.17, 15) is 0 Å². The zero-order valence-corrected chi connectivity index (χ0v) is 14.7. The Bertz CT molecular complexity index is 628. The van der Waals surface area contributed by atoms with Crippen LogP contribution >= 0.6 is 27.5 Å². The van der Waals surface area contributed by atoms with Crippen LogP contribution in [0.4, 0.5) is 0 Å². The van der Waals surface area contributed by atoms with Gasteiger partial charge in [-0.1, -0.05) is 55.8 Å². The number of methoxy groups -OCH3 is 1. The molecule has 2 rings (SSSR count). The van der Waals surface area contributed by atoms with Crippen LogP contribution in [0.2, 0.25) is 5.02 Å². The van der Waals surface area contributed by atoms with Crippen LogP contribution in [-0.2, 0) is 5.41 Å². The van der Waals surface area contributed by atoms with Gasteiger partial charge in [0.05, 0.1) is 11.6 Å². The Hall–Kier alpha value is -1.03. The zero-order chi connectivity index (χ0) is 15.6. The van der Waals surface area contributed by atoms with Crippen molar-refractivity contribution in [3.8, 4) is 5.75 Å². The van der Waals surface area contributed by atoms with Crippen molar-refractivity contribution < 1.29 is 4.74 Å². The molecule has 2 N–H and O–H groups in total. The summed E-state index contributed by atoms with van der Waals surface area (Å²) in [5.74, 6) is 0.732. The van der Waals surface area contributed by atoms with E-state index in [1.54, 1.807) is 7.11 Å². The highest BCUT2D eigenvalue weighted by atomic mass is 79.9. The van der Waals surface area contributed by atoms with Crippen molar-refractivity contribution >= 4 is 27.5 Å². The van der Waals surface area contributed by atoms with Gasteiger partial charge in [0.2, 0.25) is 0 Å². The second kappa shape index (κ2) is 6.39. The van der Waals surface area contributed by atoms with Crippen molar-refractivity contribution in [3.05, 3.63) is 63.1 Å². The molecule has 0 radical (unpaired) electrons. The van der Waals surface area contributed by atoms with E-state index in [1.807, 2.05) is 30.3 Å². The second-order valence-corrected chi connectivity index (χ2v) is 6.87. The Balaban J connectivity index is 2.51. The highest BCUT2D eigenvalue weighted by Crippen LogP contribution is 2.42. The summed E-state index contributed by atoms with van der Waals surface area (Å²) >= 11 is 9.66. The van der Waals surface area contributed by atoms with Gasteiger partial charge in [0.25, 0.3) is 0 Å². The molecule has 0 aromatic heterocycles. The first-order chi connectivity index (χ1) is 9.87. The molecule has 0 saturated heterocycles. The summed E-state index contributed by atoms with van der Waals surface area (Å²) in [7, 11) is 1.64. The maximum Gasteiger partial charge on any atom is 0.137 e. The van der Waals surface area contributed by atoms with Gasteiger partial charge >= 0.3 is 0 Å². The Labute approximate surface area is 139 Å². The van der Waals surface area contributed by atoms with Crippen LogP contribution in [-0.4, -0.2) is 7.11 Å². The molecule has 2 nitrogen and oxygen atoms in total. The van der Waals surface area contributed by atoms with E-state index in [0.29, 0.717) is 5.02 Å². The van der Waals surface area contributed by atoms with Crippen molar-refractivity contribution in [2.45, 2.75) is 25.3 Å². The molecule has 21 heavy (non-hydrogen) atoms. The minimum absolute atomic E-state index is 0.246. The highest BCUT2D eigenvalue weighted by molar-refractivity contribution is 9.10. The zero-order valence-electron chi connectivity index (χ0n) is 12.4. The average Bonchev–Trinajstić information content (AvgIpc) is 2.46. The average molecular weight is 369 g/mol. The number of benzene rings is 2. The summed E-state index contributed by atoms with van der Waals surface area (Å²) in [6.07, 6.45) is 0. The molecule has 112 valence electrons. The largest absolute Gasteiger partial charge is 0.495 e. The SMILES string of the molecule is COc1c(Br)cc(Cl)cc1C(N)C(C)(C)c1ccccc1. The molecule has 0 saturated carbocycles. The van der Waals surface area contributed by atoms with Gasteiger partial charge in [-0.15, -0.1) is 0 Å². The fraction of sp³-hybridized carbons (Fsp3) is 0.294. The lowest BCUT2D eigenvalue weighted by atomic mass is 9.75. The molecule has 1 unspecified atom stereocenters. The minimum atomic E-state index is -0.251. The van der Waals surface area contributed by atoms with Crippen LogP contribution in [0, 0.1) is 0 Å². The number of hydrogen-bond donors (Lipinski definition) is 1. The maximum atomic E-state index is 6.56.